The molecule has 1 aliphatic carbocycles. The van der Waals surface area contributed by atoms with E-state index >= 15 is 0 Å². The predicted molar refractivity (Wildman–Crippen MR) is 140 cm³/mol. The van der Waals surface area contributed by atoms with Crippen molar-refractivity contribution in [2.45, 2.75) is 60.3 Å². The zero-order valence-electron chi connectivity index (χ0n) is 20.5. The van der Waals surface area contributed by atoms with Crippen LogP contribution < -0.4 is 4.80 Å². The van der Waals surface area contributed by atoms with Gasteiger partial charge in [0.25, 0.3) is 5.69 Å². The summed E-state index contributed by atoms with van der Waals surface area (Å²) in [6, 6.07) is 12.9. The summed E-state index contributed by atoms with van der Waals surface area (Å²) >= 11 is 1.54. The number of nitrogens with zero attached hydrogens (tertiary/aromatic N) is 4. The van der Waals surface area contributed by atoms with E-state index in [0.29, 0.717) is 11.3 Å². The van der Waals surface area contributed by atoms with Crippen molar-refractivity contribution in [3.8, 4) is 11.3 Å². The van der Waals surface area contributed by atoms with E-state index in [-0.39, 0.29) is 10.6 Å². The van der Waals surface area contributed by atoms with Crippen LogP contribution in [0.3, 0.4) is 0 Å². The summed E-state index contributed by atoms with van der Waals surface area (Å²) in [4.78, 5) is 16.4. The first-order valence-corrected chi connectivity index (χ1v) is 12.6. The summed E-state index contributed by atoms with van der Waals surface area (Å²) in [6.07, 6.45) is 4.24. The molecule has 0 saturated heterocycles. The monoisotopic (exact) mass is 476 g/mol. The maximum Gasteiger partial charge on any atom is 0.269 e. The average molecular weight is 477 g/mol. The molecule has 0 atom stereocenters. The van der Waals surface area contributed by atoms with Crippen molar-refractivity contribution in [1.29, 1.82) is 0 Å². The molecular weight excluding hydrogens is 444 g/mol. The highest BCUT2D eigenvalue weighted by molar-refractivity contribution is 7.07. The van der Waals surface area contributed by atoms with Crippen LogP contribution in [-0.2, 0) is 0 Å². The number of thiazole rings is 1. The molecule has 0 amide bonds. The molecule has 1 aliphatic rings. The SMILES string of the molecule is Cc1ccc(N=c2scc(-c3ccc([N+](=O)[O-])cc3)n2N=C2CCC(C(C)(C)C)CC2)cc1C. The molecule has 178 valence electrons. The third-order valence-corrected chi connectivity index (χ3v) is 7.62. The highest BCUT2D eigenvalue weighted by Crippen LogP contribution is 2.37. The van der Waals surface area contributed by atoms with E-state index in [0.717, 1.165) is 47.4 Å². The van der Waals surface area contributed by atoms with E-state index in [1.807, 2.05) is 16.1 Å². The molecule has 0 radical (unpaired) electrons. The van der Waals surface area contributed by atoms with Crippen LogP contribution in [0.25, 0.3) is 11.3 Å². The molecule has 7 heteroatoms. The topological polar surface area (TPSA) is 72.8 Å². The second-order valence-corrected chi connectivity index (χ2v) is 11.0. The number of aryl methyl sites for hydroxylation is 2. The summed E-state index contributed by atoms with van der Waals surface area (Å²) in [5, 5.41) is 18.2. The van der Waals surface area contributed by atoms with E-state index < -0.39 is 0 Å². The fraction of sp³-hybridized carbons (Fsp3) is 0.407. The quantitative estimate of drug-likeness (QED) is 0.290. The van der Waals surface area contributed by atoms with Crippen molar-refractivity contribution in [3.63, 3.8) is 0 Å². The molecule has 0 spiro atoms. The summed E-state index contributed by atoms with van der Waals surface area (Å²) < 4.78 is 1.92. The van der Waals surface area contributed by atoms with E-state index in [9.17, 15) is 10.1 Å². The largest absolute Gasteiger partial charge is 0.269 e. The third kappa shape index (κ3) is 5.36. The number of non-ortho nitro benzene ring substituents is 1. The second-order valence-electron chi connectivity index (χ2n) is 10.2. The van der Waals surface area contributed by atoms with Gasteiger partial charge < -0.3 is 0 Å². The lowest BCUT2D eigenvalue weighted by molar-refractivity contribution is -0.384. The lowest BCUT2D eigenvalue weighted by Gasteiger charge is -2.34. The first-order chi connectivity index (χ1) is 16.1. The summed E-state index contributed by atoms with van der Waals surface area (Å²) in [7, 11) is 0. The minimum absolute atomic E-state index is 0.0809. The van der Waals surface area contributed by atoms with Crippen molar-refractivity contribution in [3.05, 3.63) is 73.9 Å². The zero-order valence-corrected chi connectivity index (χ0v) is 21.4. The Hall–Kier alpha value is -3.06. The molecule has 0 aliphatic heterocycles. The van der Waals surface area contributed by atoms with Gasteiger partial charge in [-0.2, -0.15) is 5.10 Å². The van der Waals surface area contributed by atoms with Gasteiger partial charge in [0.1, 0.15) is 0 Å². The first kappa shape index (κ1) is 24.1. The van der Waals surface area contributed by atoms with Gasteiger partial charge in [0.15, 0.2) is 0 Å². The van der Waals surface area contributed by atoms with Crippen molar-refractivity contribution in [1.82, 2.24) is 4.68 Å². The van der Waals surface area contributed by atoms with Gasteiger partial charge in [-0.1, -0.05) is 26.8 Å². The first-order valence-electron chi connectivity index (χ1n) is 11.8. The highest BCUT2D eigenvalue weighted by Gasteiger charge is 2.28. The molecule has 1 heterocycles. The highest BCUT2D eigenvalue weighted by atomic mass is 32.1. The number of nitro benzene ring substituents is 1. The smallest absolute Gasteiger partial charge is 0.258 e. The van der Waals surface area contributed by atoms with Crippen molar-refractivity contribution in [2.24, 2.45) is 21.4 Å². The number of nitro groups is 1. The zero-order chi connectivity index (χ0) is 24.5. The second kappa shape index (κ2) is 9.66. The molecule has 6 nitrogen and oxygen atoms in total. The number of hydrogen-bond acceptors (Lipinski definition) is 5. The standard InChI is InChI=1S/C27H32N4O2S/c1-18-6-11-23(16-19(18)2)28-26-30(29-22-12-9-21(10-13-22)27(3,4)5)25(17-34-26)20-7-14-24(15-8-20)31(32)33/h6-8,11,14-17,21H,9-10,12-13H2,1-5H3. The normalized spacial score (nSPS) is 17.1. The van der Waals surface area contributed by atoms with E-state index in [4.69, 9.17) is 10.1 Å². The summed E-state index contributed by atoms with van der Waals surface area (Å²) in [6.45, 7) is 11.1. The Morgan fingerprint density at radius 3 is 2.29 bits per heavy atom. The Kier molecular flexibility index (Phi) is 6.84. The Labute approximate surface area is 204 Å². The van der Waals surface area contributed by atoms with Gasteiger partial charge in [0.2, 0.25) is 4.80 Å². The van der Waals surface area contributed by atoms with Gasteiger partial charge >= 0.3 is 0 Å². The predicted octanol–water partition coefficient (Wildman–Crippen LogP) is 7.41. The van der Waals surface area contributed by atoms with Crippen molar-refractivity contribution in [2.75, 3.05) is 0 Å². The fourth-order valence-electron chi connectivity index (χ4n) is 4.39. The molecule has 0 bridgehead atoms. The molecule has 1 fully saturated rings. The number of hydrogen-bond donors (Lipinski definition) is 0. The van der Waals surface area contributed by atoms with Gasteiger partial charge in [-0.15, -0.1) is 11.3 Å². The maximum absolute atomic E-state index is 11.1. The van der Waals surface area contributed by atoms with Crippen molar-refractivity contribution < 1.29 is 4.92 Å². The Balaban J connectivity index is 1.76. The molecular formula is C27H32N4O2S. The van der Waals surface area contributed by atoms with Crippen LogP contribution in [0.5, 0.6) is 0 Å². The van der Waals surface area contributed by atoms with Crippen LogP contribution in [0.15, 0.2) is 57.9 Å². The summed E-state index contributed by atoms with van der Waals surface area (Å²) in [5.41, 5.74) is 6.69. The molecule has 1 aromatic heterocycles. The Bertz CT molecular complexity index is 1280. The summed E-state index contributed by atoms with van der Waals surface area (Å²) in [5.74, 6) is 0.702. The van der Waals surface area contributed by atoms with Crippen LogP contribution in [-0.4, -0.2) is 15.3 Å². The molecule has 34 heavy (non-hydrogen) atoms. The molecule has 0 N–H and O–H groups in total. The van der Waals surface area contributed by atoms with Gasteiger partial charge in [0.05, 0.1) is 16.3 Å². The molecule has 0 unspecified atom stereocenters. The molecule has 4 rings (SSSR count). The molecule has 1 saturated carbocycles. The van der Waals surface area contributed by atoms with Crippen LogP contribution in [0.2, 0.25) is 0 Å². The molecule has 2 aromatic carbocycles. The third-order valence-electron chi connectivity index (χ3n) is 6.80. The van der Waals surface area contributed by atoms with Crippen LogP contribution in [0, 0.1) is 35.3 Å². The van der Waals surface area contributed by atoms with Crippen molar-refractivity contribution >= 4 is 28.4 Å². The maximum atomic E-state index is 11.1. The fourth-order valence-corrected chi connectivity index (χ4v) is 5.24. The Morgan fingerprint density at radius 2 is 1.71 bits per heavy atom. The van der Waals surface area contributed by atoms with E-state index in [1.54, 1.807) is 24.3 Å². The minimum atomic E-state index is -0.375. The van der Waals surface area contributed by atoms with E-state index in [1.165, 1.54) is 28.2 Å². The lowest BCUT2D eigenvalue weighted by atomic mass is 9.72. The Morgan fingerprint density at radius 1 is 1.03 bits per heavy atom. The van der Waals surface area contributed by atoms with Gasteiger partial charge in [0, 0.05) is 28.8 Å². The molecule has 3 aromatic rings. The average Bonchev–Trinajstić information content (AvgIpc) is 3.18. The van der Waals surface area contributed by atoms with Crippen LogP contribution in [0.1, 0.15) is 57.6 Å². The van der Waals surface area contributed by atoms with Gasteiger partial charge in [-0.05, 0) is 86.3 Å². The number of rotatable bonds is 4. The van der Waals surface area contributed by atoms with Crippen LogP contribution in [0.4, 0.5) is 11.4 Å². The van der Waals surface area contributed by atoms with Gasteiger partial charge in [-0.3, -0.25) is 10.1 Å². The van der Waals surface area contributed by atoms with Crippen LogP contribution >= 0.6 is 11.3 Å². The number of benzene rings is 2. The minimum Gasteiger partial charge on any atom is -0.258 e. The van der Waals surface area contributed by atoms with Gasteiger partial charge in [-0.25, -0.2) is 9.67 Å². The lowest BCUT2D eigenvalue weighted by Crippen LogP contribution is -2.26. The number of aromatic nitrogens is 1. The van der Waals surface area contributed by atoms with E-state index in [2.05, 4.69) is 46.8 Å².